The Morgan fingerprint density at radius 1 is 1.33 bits per heavy atom. The molecule has 2 aromatic rings. The minimum Gasteiger partial charge on any atom is -0.496 e. The average Bonchev–Trinajstić information content (AvgIpc) is 2.60. The number of nitrogens with one attached hydrogen (secondary N) is 1. The Kier molecular flexibility index (Phi) is 4.89. The Morgan fingerprint density at radius 3 is 2.96 bits per heavy atom. The molecule has 0 saturated heterocycles. The van der Waals surface area contributed by atoms with Crippen LogP contribution in [-0.2, 0) is 6.54 Å². The Labute approximate surface area is 142 Å². The van der Waals surface area contributed by atoms with Gasteiger partial charge in [0.15, 0.2) is 5.96 Å². The fourth-order valence-electron chi connectivity index (χ4n) is 2.93. The zero-order valence-electron chi connectivity index (χ0n) is 14.1. The van der Waals surface area contributed by atoms with E-state index in [0.29, 0.717) is 19.1 Å². The minimum atomic E-state index is 0.135. The second kappa shape index (κ2) is 7.25. The molecule has 0 fully saturated rings. The van der Waals surface area contributed by atoms with E-state index in [9.17, 15) is 0 Å². The van der Waals surface area contributed by atoms with Gasteiger partial charge in [-0.1, -0.05) is 30.3 Å². The van der Waals surface area contributed by atoms with Crippen LogP contribution in [0, 0.1) is 6.92 Å². The summed E-state index contributed by atoms with van der Waals surface area (Å²) < 4.78 is 10.9. The van der Waals surface area contributed by atoms with Gasteiger partial charge in [0, 0.05) is 12.0 Å². The summed E-state index contributed by atoms with van der Waals surface area (Å²) >= 11 is 0. The van der Waals surface area contributed by atoms with Crippen molar-refractivity contribution in [3.05, 3.63) is 59.2 Å². The van der Waals surface area contributed by atoms with E-state index in [1.54, 1.807) is 7.11 Å². The molecule has 2 aromatic carbocycles. The van der Waals surface area contributed by atoms with Crippen molar-refractivity contribution in [2.45, 2.75) is 25.9 Å². The van der Waals surface area contributed by atoms with Gasteiger partial charge in [-0.25, -0.2) is 4.99 Å². The molecule has 0 spiro atoms. The van der Waals surface area contributed by atoms with Crippen LogP contribution in [0.2, 0.25) is 0 Å². The lowest BCUT2D eigenvalue weighted by Crippen LogP contribution is -2.37. The molecule has 0 amide bonds. The van der Waals surface area contributed by atoms with E-state index < -0.39 is 0 Å². The van der Waals surface area contributed by atoms with Gasteiger partial charge < -0.3 is 20.5 Å². The zero-order valence-corrected chi connectivity index (χ0v) is 14.1. The highest BCUT2D eigenvalue weighted by atomic mass is 16.5. The molecule has 0 radical (unpaired) electrons. The second-order valence-electron chi connectivity index (χ2n) is 5.88. The van der Waals surface area contributed by atoms with Crippen molar-refractivity contribution in [1.82, 2.24) is 5.32 Å². The van der Waals surface area contributed by atoms with Gasteiger partial charge in [-0.15, -0.1) is 0 Å². The van der Waals surface area contributed by atoms with Crippen molar-refractivity contribution in [3.8, 4) is 11.5 Å². The van der Waals surface area contributed by atoms with Crippen LogP contribution in [0.1, 0.15) is 29.2 Å². The molecular formula is C19H23N3O2. The van der Waals surface area contributed by atoms with Gasteiger partial charge in [0.1, 0.15) is 11.5 Å². The van der Waals surface area contributed by atoms with Gasteiger partial charge in [-0.3, -0.25) is 0 Å². The summed E-state index contributed by atoms with van der Waals surface area (Å²) in [5.41, 5.74) is 9.40. The van der Waals surface area contributed by atoms with E-state index in [0.717, 1.165) is 34.6 Å². The maximum absolute atomic E-state index is 6.08. The summed E-state index contributed by atoms with van der Waals surface area (Å²) in [6, 6.07) is 14.2. The third-order valence-electron chi connectivity index (χ3n) is 4.17. The number of methoxy groups -OCH3 is 1. The number of aryl methyl sites for hydroxylation is 1. The van der Waals surface area contributed by atoms with Gasteiger partial charge >= 0.3 is 0 Å². The fourth-order valence-corrected chi connectivity index (χ4v) is 2.93. The zero-order chi connectivity index (χ0) is 16.9. The molecule has 1 aliphatic heterocycles. The normalized spacial score (nSPS) is 16.9. The van der Waals surface area contributed by atoms with Crippen molar-refractivity contribution in [2.24, 2.45) is 10.7 Å². The van der Waals surface area contributed by atoms with Crippen LogP contribution in [0.3, 0.4) is 0 Å². The van der Waals surface area contributed by atoms with Crippen LogP contribution in [0.15, 0.2) is 47.5 Å². The number of hydrogen-bond donors (Lipinski definition) is 2. The summed E-state index contributed by atoms with van der Waals surface area (Å²) in [6.07, 6.45) is 0.870. The first kappa shape index (κ1) is 16.2. The second-order valence-corrected chi connectivity index (χ2v) is 5.88. The number of aliphatic imine (C=N–C) groups is 1. The van der Waals surface area contributed by atoms with E-state index >= 15 is 0 Å². The van der Waals surface area contributed by atoms with Crippen molar-refractivity contribution < 1.29 is 9.47 Å². The maximum atomic E-state index is 6.08. The highest BCUT2D eigenvalue weighted by molar-refractivity contribution is 5.78. The number of nitrogens with two attached hydrogens (primary N) is 1. The summed E-state index contributed by atoms with van der Waals surface area (Å²) in [5, 5.41) is 3.31. The van der Waals surface area contributed by atoms with Crippen molar-refractivity contribution in [1.29, 1.82) is 0 Å². The van der Waals surface area contributed by atoms with Crippen LogP contribution in [-0.4, -0.2) is 19.7 Å². The Morgan fingerprint density at radius 2 is 2.17 bits per heavy atom. The van der Waals surface area contributed by atoms with Gasteiger partial charge in [-0.2, -0.15) is 0 Å². The van der Waals surface area contributed by atoms with Gasteiger partial charge in [0.2, 0.25) is 0 Å². The van der Waals surface area contributed by atoms with Crippen LogP contribution < -0.4 is 20.5 Å². The third kappa shape index (κ3) is 3.62. The van der Waals surface area contributed by atoms with E-state index in [1.807, 2.05) is 37.3 Å². The molecule has 5 nitrogen and oxygen atoms in total. The van der Waals surface area contributed by atoms with E-state index in [-0.39, 0.29) is 6.04 Å². The van der Waals surface area contributed by atoms with Gasteiger partial charge in [0.05, 0.1) is 26.3 Å². The number of nitrogens with zero attached hydrogens (tertiary/aromatic N) is 1. The predicted molar refractivity (Wildman–Crippen MR) is 95.5 cm³/mol. The number of fused-ring (bicyclic) bond motifs is 1. The van der Waals surface area contributed by atoms with Gasteiger partial charge in [0.25, 0.3) is 0 Å². The van der Waals surface area contributed by atoms with Crippen molar-refractivity contribution >= 4 is 5.96 Å². The lowest BCUT2D eigenvalue weighted by molar-refractivity contribution is 0.262. The van der Waals surface area contributed by atoms with Crippen LogP contribution >= 0.6 is 0 Å². The Hall–Kier alpha value is -2.69. The number of hydrogen-bond acceptors (Lipinski definition) is 3. The average molecular weight is 325 g/mol. The quantitative estimate of drug-likeness (QED) is 0.670. The summed E-state index contributed by atoms with van der Waals surface area (Å²) in [5.74, 6) is 2.25. The van der Waals surface area contributed by atoms with Crippen LogP contribution in [0.4, 0.5) is 0 Å². The number of guanidine groups is 1. The summed E-state index contributed by atoms with van der Waals surface area (Å²) in [6.45, 7) is 3.24. The minimum absolute atomic E-state index is 0.135. The molecule has 24 heavy (non-hydrogen) atoms. The first-order valence-corrected chi connectivity index (χ1v) is 8.09. The number of ether oxygens (including phenoxy) is 2. The van der Waals surface area contributed by atoms with E-state index in [4.69, 9.17) is 15.2 Å². The molecular weight excluding hydrogens is 302 g/mol. The molecule has 3 N–H and O–H groups in total. The van der Waals surface area contributed by atoms with Gasteiger partial charge in [-0.05, 0) is 30.2 Å². The smallest absolute Gasteiger partial charge is 0.189 e. The largest absolute Gasteiger partial charge is 0.496 e. The highest BCUT2D eigenvalue weighted by Crippen LogP contribution is 2.31. The maximum Gasteiger partial charge on any atom is 0.189 e. The topological polar surface area (TPSA) is 68.9 Å². The lowest BCUT2D eigenvalue weighted by atomic mass is 10.0. The van der Waals surface area contributed by atoms with E-state index in [1.165, 1.54) is 0 Å². The number of benzene rings is 2. The Balaban J connectivity index is 1.66. The highest BCUT2D eigenvalue weighted by Gasteiger charge is 2.21. The molecule has 1 atom stereocenters. The van der Waals surface area contributed by atoms with Crippen LogP contribution in [0.25, 0.3) is 0 Å². The lowest BCUT2D eigenvalue weighted by Gasteiger charge is -2.26. The molecule has 0 aliphatic carbocycles. The number of rotatable bonds is 4. The summed E-state index contributed by atoms with van der Waals surface area (Å²) in [7, 11) is 1.67. The molecule has 5 heteroatoms. The molecule has 0 aromatic heterocycles. The third-order valence-corrected chi connectivity index (χ3v) is 4.17. The molecule has 0 bridgehead atoms. The van der Waals surface area contributed by atoms with Crippen molar-refractivity contribution in [3.63, 3.8) is 0 Å². The van der Waals surface area contributed by atoms with Crippen LogP contribution in [0.5, 0.6) is 11.5 Å². The monoisotopic (exact) mass is 325 g/mol. The molecule has 3 rings (SSSR count). The van der Waals surface area contributed by atoms with E-state index in [2.05, 4.69) is 22.4 Å². The molecule has 1 aliphatic rings. The summed E-state index contributed by atoms with van der Waals surface area (Å²) in [4.78, 5) is 4.46. The molecule has 126 valence electrons. The number of para-hydroxylation sites is 1. The molecule has 0 saturated carbocycles. The first-order chi connectivity index (χ1) is 11.7. The SMILES string of the molecule is COc1ccc(CN=C(N)NC2CCOc3ccccc32)cc1C. The van der Waals surface area contributed by atoms with Crippen molar-refractivity contribution in [2.75, 3.05) is 13.7 Å². The predicted octanol–water partition coefficient (Wildman–Crippen LogP) is 2.93. The Bertz CT molecular complexity index is 743. The first-order valence-electron chi connectivity index (χ1n) is 8.09. The molecule has 1 heterocycles. The standard InChI is InChI=1S/C19H23N3O2/c1-13-11-14(7-8-17(13)23-2)12-21-19(20)22-16-9-10-24-18-6-4-3-5-15(16)18/h3-8,11,16H,9-10,12H2,1-2H3,(H3,20,21,22). The molecule has 1 unspecified atom stereocenters. The fraction of sp³-hybridized carbons (Fsp3) is 0.316.